The average Bonchev–Trinajstić information content (AvgIpc) is 2.99. The van der Waals surface area contributed by atoms with Gasteiger partial charge in [0, 0.05) is 0 Å². The highest BCUT2D eigenvalue weighted by atomic mass is 16.5. The second-order valence-electron chi connectivity index (χ2n) is 3.44. The smallest absolute Gasteiger partial charge is 0.119 e. The van der Waals surface area contributed by atoms with Gasteiger partial charge in [-0.3, -0.25) is 0 Å². The van der Waals surface area contributed by atoms with Crippen molar-refractivity contribution < 1.29 is 4.74 Å². The molecule has 1 nitrogen and oxygen atoms in total. The zero-order valence-corrected chi connectivity index (χ0v) is 7.70. The highest BCUT2D eigenvalue weighted by molar-refractivity contribution is 5.31. The molecule has 0 bridgehead atoms. The normalized spacial score (nSPS) is 15.4. The number of benzene rings is 1. The van der Waals surface area contributed by atoms with Crippen molar-refractivity contribution in [2.45, 2.75) is 18.8 Å². The van der Waals surface area contributed by atoms with Gasteiger partial charge >= 0.3 is 0 Å². The van der Waals surface area contributed by atoms with Gasteiger partial charge in [0.05, 0.1) is 0 Å². The van der Waals surface area contributed by atoms with Crippen LogP contribution in [0.4, 0.5) is 0 Å². The van der Waals surface area contributed by atoms with Crippen LogP contribution in [0, 0.1) is 0 Å². The zero-order chi connectivity index (χ0) is 9.10. The molecule has 1 heteroatoms. The molecule has 0 unspecified atom stereocenters. The second-order valence-corrected chi connectivity index (χ2v) is 3.44. The fourth-order valence-electron chi connectivity index (χ4n) is 1.41. The van der Waals surface area contributed by atoms with E-state index >= 15 is 0 Å². The lowest BCUT2D eigenvalue weighted by Gasteiger charge is -2.03. The molecule has 1 aromatic rings. The van der Waals surface area contributed by atoms with Gasteiger partial charge in [0.15, 0.2) is 0 Å². The summed E-state index contributed by atoms with van der Waals surface area (Å²) >= 11 is 0. The minimum Gasteiger partial charge on any atom is -0.490 e. The van der Waals surface area contributed by atoms with Gasteiger partial charge in [0.25, 0.3) is 0 Å². The summed E-state index contributed by atoms with van der Waals surface area (Å²) in [6.45, 7) is 4.19. The van der Waals surface area contributed by atoms with Crippen LogP contribution in [-0.2, 0) is 0 Å². The summed E-state index contributed by atoms with van der Waals surface area (Å²) in [7, 11) is 0. The molecule has 2 rings (SSSR count). The summed E-state index contributed by atoms with van der Waals surface area (Å²) in [6, 6.07) is 8.40. The fourth-order valence-corrected chi connectivity index (χ4v) is 1.41. The van der Waals surface area contributed by atoms with Crippen molar-refractivity contribution in [1.29, 1.82) is 0 Å². The van der Waals surface area contributed by atoms with Gasteiger partial charge in [0.1, 0.15) is 12.4 Å². The topological polar surface area (TPSA) is 9.23 Å². The summed E-state index contributed by atoms with van der Waals surface area (Å²) in [5, 5.41) is 0. The van der Waals surface area contributed by atoms with Crippen LogP contribution in [0.1, 0.15) is 24.3 Å². The molecular weight excluding hydrogens is 160 g/mol. The first-order valence-corrected chi connectivity index (χ1v) is 4.74. The minimum atomic E-state index is 0.586. The molecule has 0 saturated heterocycles. The standard InChI is InChI=1S/C12H14O/c1-2-9-13-12-7-5-11(6-8-12)10-3-4-10/h2,5-8,10H,1,3-4,9H2. The molecule has 0 spiro atoms. The zero-order valence-electron chi connectivity index (χ0n) is 7.70. The molecule has 1 aliphatic carbocycles. The van der Waals surface area contributed by atoms with Gasteiger partial charge in [-0.25, -0.2) is 0 Å². The third-order valence-corrected chi connectivity index (χ3v) is 2.30. The van der Waals surface area contributed by atoms with Crippen molar-refractivity contribution in [2.24, 2.45) is 0 Å². The summed E-state index contributed by atoms with van der Waals surface area (Å²) in [5.41, 5.74) is 1.45. The molecule has 0 aliphatic heterocycles. The molecule has 0 radical (unpaired) electrons. The predicted octanol–water partition coefficient (Wildman–Crippen LogP) is 3.13. The van der Waals surface area contributed by atoms with Crippen molar-refractivity contribution in [2.75, 3.05) is 6.61 Å². The lowest BCUT2D eigenvalue weighted by Crippen LogP contribution is -1.92. The Labute approximate surface area is 79.0 Å². The van der Waals surface area contributed by atoms with Crippen LogP contribution in [0.25, 0.3) is 0 Å². The maximum absolute atomic E-state index is 5.39. The molecule has 0 atom stereocenters. The lowest BCUT2D eigenvalue weighted by molar-refractivity contribution is 0.363. The fraction of sp³-hybridized carbons (Fsp3) is 0.333. The maximum atomic E-state index is 5.39. The molecule has 0 heterocycles. The van der Waals surface area contributed by atoms with E-state index in [0.717, 1.165) is 11.7 Å². The van der Waals surface area contributed by atoms with Crippen molar-refractivity contribution in [3.05, 3.63) is 42.5 Å². The summed E-state index contributed by atoms with van der Waals surface area (Å²) < 4.78 is 5.39. The highest BCUT2D eigenvalue weighted by Gasteiger charge is 2.22. The molecule has 1 aliphatic rings. The molecule has 1 saturated carbocycles. The summed E-state index contributed by atoms with van der Waals surface area (Å²) in [5.74, 6) is 1.76. The molecule has 0 aromatic heterocycles. The van der Waals surface area contributed by atoms with Crippen molar-refractivity contribution in [3.63, 3.8) is 0 Å². The molecule has 1 fully saturated rings. The van der Waals surface area contributed by atoms with Crippen LogP contribution in [-0.4, -0.2) is 6.61 Å². The van der Waals surface area contributed by atoms with Gasteiger partial charge in [-0.1, -0.05) is 24.8 Å². The molecule has 0 amide bonds. The number of rotatable bonds is 4. The first-order valence-electron chi connectivity index (χ1n) is 4.74. The van der Waals surface area contributed by atoms with Crippen LogP contribution in [0.3, 0.4) is 0 Å². The van der Waals surface area contributed by atoms with Gasteiger partial charge in [-0.2, -0.15) is 0 Å². The van der Waals surface area contributed by atoms with Gasteiger partial charge in [-0.15, -0.1) is 0 Å². The van der Waals surface area contributed by atoms with Gasteiger partial charge in [-0.05, 0) is 36.5 Å². The Hall–Kier alpha value is -1.24. The Morgan fingerprint density at radius 2 is 2.00 bits per heavy atom. The van der Waals surface area contributed by atoms with Crippen molar-refractivity contribution in [3.8, 4) is 5.75 Å². The molecule has 68 valence electrons. The first kappa shape index (κ1) is 8.36. The van der Waals surface area contributed by atoms with E-state index in [1.54, 1.807) is 6.08 Å². The third kappa shape index (κ3) is 2.11. The van der Waals surface area contributed by atoms with E-state index in [1.807, 2.05) is 12.1 Å². The van der Waals surface area contributed by atoms with Crippen LogP contribution in [0.15, 0.2) is 36.9 Å². The average molecular weight is 174 g/mol. The summed E-state index contributed by atoms with van der Waals surface area (Å²) in [4.78, 5) is 0. The minimum absolute atomic E-state index is 0.586. The number of hydrogen-bond donors (Lipinski definition) is 0. The molecule has 1 aromatic carbocycles. The predicted molar refractivity (Wildman–Crippen MR) is 54.1 cm³/mol. The molecule has 0 N–H and O–H groups in total. The van der Waals surface area contributed by atoms with Gasteiger partial charge in [0.2, 0.25) is 0 Å². The Bertz CT molecular complexity index is 282. The van der Waals surface area contributed by atoms with E-state index in [9.17, 15) is 0 Å². The van der Waals surface area contributed by atoms with Crippen LogP contribution in [0.2, 0.25) is 0 Å². The SMILES string of the molecule is C=CCOc1ccc(C2CC2)cc1. The number of hydrogen-bond acceptors (Lipinski definition) is 1. The Morgan fingerprint density at radius 1 is 1.31 bits per heavy atom. The van der Waals surface area contributed by atoms with Crippen molar-refractivity contribution >= 4 is 0 Å². The van der Waals surface area contributed by atoms with E-state index in [1.165, 1.54) is 18.4 Å². The monoisotopic (exact) mass is 174 g/mol. The molecule has 13 heavy (non-hydrogen) atoms. The number of ether oxygens (including phenoxy) is 1. The quantitative estimate of drug-likeness (QED) is 0.637. The third-order valence-electron chi connectivity index (χ3n) is 2.30. The van der Waals surface area contributed by atoms with Crippen LogP contribution < -0.4 is 4.74 Å². The Balaban J connectivity index is 2.00. The van der Waals surface area contributed by atoms with Crippen LogP contribution in [0.5, 0.6) is 5.75 Å². The Kier molecular flexibility index (Phi) is 2.35. The highest BCUT2D eigenvalue weighted by Crippen LogP contribution is 2.40. The Morgan fingerprint density at radius 3 is 2.54 bits per heavy atom. The largest absolute Gasteiger partial charge is 0.490 e. The van der Waals surface area contributed by atoms with E-state index in [-0.39, 0.29) is 0 Å². The van der Waals surface area contributed by atoms with Crippen LogP contribution >= 0.6 is 0 Å². The van der Waals surface area contributed by atoms with E-state index in [2.05, 4.69) is 18.7 Å². The first-order chi connectivity index (χ1) is 6.40. The maximum Gasteiger partial charge on any atom is 0.119 e. The van der Waals surface area contributed by atoms with Gasteiger partial charge < -0.3 is 4.74 Å². The summed E-state index contributed by atoms with van der Waals surface area (Å²) in [6.07, 6.45) is 4.47. The van der Waals surface area contributed by atoms with E-state index in [0.29, 0.717) is 6.61 Å². The van der Waals surface area contributed by atoms with E-state index in [4.69, 9.17) is 4.74 Å². The molecular formula is C12H14O. The van der Waals surface area contributed by atoms with E-state index < -0.39 is 0 Å². The second kappa shape index (κ2) is 3.65. The van der Waals surface area contributed by atoms with Crippen molar-refractivity contribution in [1.82, 2.24) is 0 Å². The lowest BCUT2D eigenvalue weighted by atomic mass is 10.1.